The highest BCUT2D eigenvalue weighted by atomic mass is 32.2. The Balaban J connectivity index is 1.21. The van der Waals surface area contributed by atoms with E-state index in [0.29, 0.717) is 23.1 Å². The van der Waals surface area contributed by atoms with E-state index < -0.39 is 9.84 Å². The molecule has 0 unspecified atom stereocenters. The van der Waals surface area contributed by atoms with Crippen molar-refractivity contribution < 1.29 is 17.7 Å². The molecular weight excluding hydrogens is 430 g/mol. The zero-order chi connectivity index (χ0) is 22.3. The smallest absolute Gasteiger partial charge is 0.240 e. The molecule has 5 rings (SSSR count). The Morgan fingerprint density at radius 1 is 1.19 bits per heavy atom. The summed E-state index contributed by atoms with van der Waals surface area (Å²) in [5.74, 6) is 2.80. The molecule has 1 aliphatic heterocycles. The van der Waals surface area contributed by atoms with Gasteiger partial charge < -0.3 is 13.8 Å². The van der Waals surface area contributed by atoms with Gasteiger partial charge in [-0.05, 0) is 36.4 Å². The lowest BCUT2D eigenvalue weighted by Gasteiger charge is -2.37. The van der Waals surface area contributed by atoms with E-state index in [4.69, 9.17) is 9.26 Å². The normalized spacial score (nSPS) is 15.2. The molecule has 0 radical (unpaired) electrons. The summed E-state index contributed by atoms with van der Waals surface area (Å²) in [6.45, 7) is 4.20. The SMILES string of the molecule is CCc1noc(CN2CC(Oc3ccc(-n4ccc5cc(S(C)(=O)=O)ccc54)nc3)C2)n1. The monoisotopic (exact) mass is 453 g/mol. The highest BCUT2D eigenvalue weighted by Crippen LogP contribution is 2.24. The second-order valence-corrected chi connectivity index (χ2v) is 9.94. The number of pyridine rings is 1. The third-order valence-electron chi connectivity index (χ3n) is 5.47. The largest absolute Gasteiger partial charge is 0.486 e. The molecular formula is C22H23N5O4S. The molecule has 0 spiro atoms. The van der Waals surface area contributed by atoms with E-state index in [2.05, 4.69) is 20.0 Å². The Hall–Kier alpha value is -3.24. The molecule has 0 saturated carbocycles. The van der Waals surface area contributed by atoms with Gasteiger partial charge in [-0.15, -0.1) is 0 Å². The van der Waals surface area contributed by atoms with Gasteiger partial charge in [0.25, 0.3) is 0 Å². The number of ether oxygens (including phenoxy) is 1. The molecule has 0 atom stereocenters. The van der Waals surface area contributed by atoms with Crippen LogP contribution in [0.5, 0.6) is 5.75 Å². The zero-order valence-corrected chi connectivity index (χ0v) is 18.6. The Morgan fingerprint density at radius 3 is 2.72 bits per heavy atom. The first kappa shape index (κ1) is 20.7. The lowest BCUT2D eigenvalue weighted by Crippen LogP contribution is -2.53. The number of sulfone groups is 1. The molecule has 1 fully saturated rings. The number of likely N-dealkylation sites (tertiary alicyclic amines) is 1. The molecule has 4 heterocycles. The molecule has 10 heteroatoms. The van der Waals surface area contributed by atoms with Gasteiger partial charge in [-0.2, -0.15) is 4.98 Å². The summed E-state index contributed by atoms with van der Waals surface area (Å²) < 4.78 is 36.7. The predicted octanol–water partition coefficient (Wildman–Crippen LogP) is 2.64. The second kappa shape index (κ2) is 8.03. The lowest BCUT2D eigenvalue weighted by atomic mass is 10.1. The van der Waals surface area contributed by atoms with Crippen molar-refractivity contribution in [2.24, 2.45) is 0 Å². The van der Waals surface area contributed by atoms with E-state index in [1.54, 1.807) is 24.4 Å². The van der Waals surface area contributed by atoms with Crippen LogP contribution in [0.25, 0.3) is 16.7 Å². The Bertz CT molecular complexity index is 1350. The van der Waals surface area contributed by atoms with Gasteiger partial charge in [0.1, 0.15) is 17.7 Å². The first-order valence-electron chi connectivity index (χ1n) is 10.4. The number of benzene rings is 1. The maximum atomic E-state index is 11.8. The van der Waals surface area contributed by atoms with Crippen molar-refractivity contribution in [1.29, 1.82) is 0 Å². The lowest BCUT2D eigenvalue weighted by molar-refractivity contribution is 0.00843. The molecule has 1 aromatic carbocycles. The Labute approximate surface area is 185 Å². The summed E-state index contributed by atoms with van der Waals surface area (Å²) >= 11 is 0. The van der Waals surface area contributed by atoms with Crippen molar-refractivity contribution in [3.8, 4) is 11.6 Å². The summed E-state index contributed by atoms with van der Waals surface area (Å²) in [6, 6.07) is 10.8. The number of hydrogen-bond donors (Lipinski definition) is 0. The second-order valence-electron chi connectivity index (χ2n) is 7.92. The number of fused-ring (bicyclic) bond motifs is 1. The summed E-state index contributed by atoms with van der Waals surface area (Å²) in [6.07, 6.45) is 5.65. The standard InChI is InChI=1S/C22H23N5O4S/c1-3-20-24-22(31-25-20)14-26-12-17(13-26)30-16-4-7-21(23-11-16)27-9-8-15-10-18(32(2,28)29)5-6-19(15)27/h4-11,17H,3,12-14H2,1-2H3. The molecule has 32 heavy (non-hydrogen) atoms. The third-order valence-corrected chi connectivity index (χ3v) is 6.58. The van der Waals surface area contributed by atoms with Crippen LogP contribution in [0.3, 0.4) is 0 Å². The van der Waals surface area contributed by atoms with Crippen LogP contribution < -0.4 is 4.74 Å². The molecule has 0 amide bonds. The predicted molar refractivity (Wildman–Crippen MR) is 118 cm³/mol. The van der Waals surface area contributed by atoms with Crippen molar-refractivity contribution in [1.82, 2.24) is 24.6 Å². The molecule has 9 nitrogen and oxygen atoms in total. The number of rotatable bonds is 7. The van der Waals surface area contributed by atoms with E-state index in [-0.39, 0.29) is 6.10 Å². The number of hydrogen-bond acceptors (Lipinski definition) is 8. The summed E-state index contributed by atoms with van der Waals surface area (Å²) in [5, 5.41) is 4.76. The average molecular weight is 454 g/mol. The molecule has 1 aliphatic rings. The minimum atomic E-state index is -3.24. The van der Waals surface area contributed by atoms with Crippen LogP contribution in [0, 0.1) is 0 Å². The minimum absolute atomic E-state index is 0.0954. The first-order valence-corrected chi connectivity index (χ1v) is 12.3. The van der Waals surface area contributed by atoms with Gasteiger partial charge in [0.2, 0.25) is 5.89 Å². The molecule has 1 saturated heterocycles. The maximum Gasteiger partial charge on any atom is 0.240 e. The first-order chi connectivity index (χ1) is 15.4. The van der Waals surface area contributed by atoms with Gasteiger partial charge in [-0.25, -0.2) is 13.4 Å². The summed E-state index contributed by atoms with van der Waals surface area (Å²) in [4.78, 5) is 11.4. The van der Waals surface area contributed by atoms with Crippen LogP contribution >= 0.6 is 0 Å². The highest BCUT2D eigenvalue weighted by Gasteiger charge is 2.29. The van der Waals surface area contributed by atoms with Crippen LogP contribution in [-0.4, -0.2) is 58.5 Å². The molecule has 166 valence electrons. The fraction of sp³-hybridized carbons (Fsp3) is 0.318. The van der Waals surface area contributed by atoms with Gasteiger partial charge in [0.05, 0.1) is 23.2 Å². The molecule has 0 aliphatic carbocycles. The molecule has 0 bridgehead atoms. The van der Waals surface area contributed by atoms with Crippen LogP contribution in [0.2, 0.25) is 0 Å². The average Bonchev–Trinajstić information content (AvgIpc) is 3.38. The molecule has 0 N–H and O–H groups in total. The molecule has 3 aromatic heterocycles. The maximum absolute atomic E-state index is 11.8. The topological polar surface area (TPSA) is 103 Å². The zero-order valence-electron chi connectivity index (χ0n) is 17.8. The number of aromatic nitrogens is 4. The van der Waals surface area contributed by atoms with Crippen LogP contribution in [-0.2, 0) is 22.8 Å². The Kier molecular flexibility index (Phi) is 5.18. The molecule has 4 aromatic rings. The van der Waals surface area contributed by atoms with E-state index in [0.717, 1.165) is 42.1 Å². The van der Waals surface area contributed by atoms with Gasteiger partial charge in [-0.1, -0.05) is 12.1 Å². The van der Waals surface area contributed by atoms with Crippen molar-refractivity contribution >= 4 is 20.7 Å². The van der Waals surface area contributed by atoms with Crippen LogP contribution in [0.1, 0.15) is 18.6 Å². The van der Waals surface area contributed by atoms with E-state index >= 15 is 0 Å². The fourth-order valence-electron chi connectivity index (χ4n) is 3.74. The summed E-state index contributed by atoms with van der Waals surface area (Å²) in [7, 11) is -3.24. The van der Waals surface area contributed by atoms with E-state index in [1.165, 1.54) is 6.26 Å². The van der Waals surface area contributed by atoms with Crippen LogP contribution in [0.15, 0.2) is 58.2 Å². The van der Waals surface area contributed by atoms with Crippen molar-refractivity contribution in [2.75, 3.05) is 19.3 Å². The van der Waals surface area contributed by atoms with Gasteiger partial charge in [-0.3, -0.25) is 4.90 Å². The van der Waals surface area contributed by atoms with Crippen molar-refractivity contribution in [2.45, 2.75) is 30.9 Å². The fourth-order valence-corrected chi connectivity index (χ4v) is 4.40. The van der Waals surface area contributed by atoms with Gasteiger partial charge >= 0.3 is 0 Å². The third kappa shape index (κ3) is 4.11. The van der Waals surface area contributed by atoms with Gasteiger partial charge in [0, 0.05) is 37.3 Å². The van der Waals surface area contributed by atoms with Crippen molar-refractivity contribution in [3.05, 3.63) is 60.5 Å². The Morgan fingerprint density at radius 2 is 2.03 bits per heavy atom. The van der Waals surface area contributed by atoms with E-state index in [9.17, 15) is 8.42 Å². The summed E-state index contributed by atoms with van der Waals surface area (Å²) in [5.41, 5.74) is 0.889. The van der Waals surface area contributed by atoms with Gasteiger partial charge in [0.15, 0.2) is 15.7 Å². The highest BCUT2D eigenvalue weighted by molar-refractivity contribution is 7.90. The number of nitrogens with zero attached hydrogens (tertiary/aromatic N) is 5. The quantitative estimate of drug-likeness (QED) is 0.421. The van der Waals surface area contributed by atoms with Crippen molar-refractivity contribution in [3.63, 3.8) is 0 Å². The van der Waals surface area contributed by atoms with E-state index in [1.807, 2.05) is 35.9 Å². The minimum Gasteiger partial charge on any atom is -0.486 e. The van der Waals surface area contributed by atoms with Crippen LogP contribution in [0.4, 0.5) is 0 Å². The number of aryl methyl sites for hydroxylation is 1.